The van der Waals surface area contributed by atoms with Crippen molar-refractivity contribution in [1.29, 1.82) is 0 Å². The number of nitrogens with zero attached hydrogens (tertiary/aromatic N) is 2. The summed E-state index contributed by atoms with van der Waals surface area (Å²) in [6.45, 7) is 14.6. The van der Waals surface area contributed by atoms with Gasteiger partial charge in [0.2, 0.25) is 5.69 Å². The Morgan fingerprint density at radius 3 is 2.40 bits per heavy atom. The number of fused-ring (bicyclic) bond motifs is 3. The Balaban J connectivity index is 2.14. The second-order valence-corrected chi connectivity index (χ2v) is 11.6. The number of aryl methyl sites for hydroxylation is 2. The second-order valence-electron chi connectivity index (χ2n) is 7.31. The highest BCUT2D eigenvalue weighted by Gasteiger charge is 2.42. The van der Waals surface area contributed by atoms with Gasteiger partial charge in [-0.15, -0.1) is 0 Å². The molecule has 0 bridgehead atoms. The first-order valence-electron chi connectivity index (χ1n) is 8.57. The molecule has 0 aliphatic carbocycles. The lowest BCUT2D eigenvalue weighted by atomic mass is 9.97. The Labute approximate surface area is 150 Å². The average Bonchev–Trinajstić information content (AvgIpc) is 2.84. The van der Waals surface area contributed by atoms with Crippen LogP contribution in [0.15, 0.2) is 54.7 Å². The Hall–Kier alpha value is -2.70. The minimum absolute atomic E-state index is 0.825. The molecule has 3 aromatic rings. The van der Waals surface area contributed by atoms with Gasteiger partial charge in [-0.3, -0.25) is 0 Å². The summed E-state index contributed by atoms with van der Waals surface area (Å²) in [5, 5.41) is 2.77. The highest BCUT2D eigenvalue weighted by molar-refractivity contribution is 7.05. The van der Waals surface area contributed by atoms with Crippen LogP contribution >= 0.6 is 0 Å². The fraction of sp³-hybridized carbons (Fsp3) is 0.182. The van der Waals surface area contributed by atoms with E-state index in [1.807, 2.05) is 12.1 Å². The molecule has 4 rings (SSSR count). The van der Waals surface area contributed by atoms with Crippen molar-refractivity contribution in [2.24, 2.45) is 7.05 Å². The van der Waals surface area contributed by atoms with Gasteiger partial charge in [0.25, 0.3) is 0 Å². The summed E-state index contributed by atoms with van der Waals surface area (Å²) in [6, 6.07) is 17.0. The summed E-state index contributed by atoms with van der Waals surface area (Å²) in [5.41, 5.74) is 7.31. The highest BCUT2D eigenvalue weighted by atomic mass is 28.3. The predicted octanol–water partition coefficient (Wildman–Crippen LogP) is 3.84. The summed E-state index contributed by atoms with van der Waals surface area (Å²) < 4.78 is 2.20. The summed E-state index contributed by atoms with van der Waals surface area (Å²) in [4.78, 5) is 3.84. The number of aromatic nitrogens is 1. The van der Waals surface area contributed by atoms with Crippen LogP contribution in [0.2, 0.25) is 13.1 Å². The standard InChI is InChI=1S/C22H21N2Si/c1-15-12-13-17-16-9-8-10-18(23-2)21(16)25(4,5)22(17)20(15)19-11-6-7-14-24(19)3/h6-14H,1,3-5H3/q+1. The monoisotopic (exact) mass is 341 g/mol. The number of pyridine rings is 1. The number of rotatable bonds is 1. The fourth-order valence-electron chi connectivity index (χ4n) is 4.33. The Bertz CT molecular complexity index is 1060. The van der Waals surface area contributed by atoms with Gasteiger partial charge in [0.05, 0.1) is 6.57 Å². The van der Waals surface area contributed by atoms with Crippen molar-refractivity contribution in [3.05, 3.63) is 71.7 Å². The van der Waals surface area contributed by atoms with Crippen LogP contribution in [0.3, 0.4) is 0 Å². The molecule has 0 fully saturated rings. The van der Waals surface area contributed by atoms with Gasteiger partial charge in [0.15, 0.2) is 11.9 Å². The topological polar surface area (TPSA) is 8.24 Å². The molecule has 1 aliphatic rings. The Kier molecular flexibility index (Phi) is 3.42. The van der Waals surface area contributed by atoms with Crippen LogP contribution in [0.5, 0.6) is 0 Å². The zero-order valence-corrected chi connectivity index (χ0v) is 16.1. The third-order valence-corrected chi connectivity index (χ3v) is 8.97. The third kappa shape index (κ3) is 2.11. The van der Waals surface area contributed by atoms with Crippen LogP contribution in [0.1, 0.15) is 5.56 Å². The lowest BCUT2D eigenvalue weighted by Crippen LogP contribution is -2.51. The van der Waals surface area contributed by atoms with E-state index in [-0.39, 0.29) is 0 Å². The van der Waals surface area contributed by atoms with Gasteiger partial charge in [0.1, 0.15) is 15.1 Å². The highest BCUT2D eigenvalue weighted by Crippen LogP contribution is 2.36. The maximum Gasteiger partial charge on any atom is 0.212 e. The normalized spacial score (nSPS) is 13.9. The molecule has 2 heterocycles. The van der Waals surface area contributed by atoms with Crippen molar-refractivity contribution in [2.75, 3.05) is 0 Å². The molecular formula is C22H21N2Si+. The van der Waals surface area contributed by atoms with Crippen molar-refractivity contribution in [2.45, 2.75) is 20.0 Å². The van der Waals surface area contributed by atoms with E-state index in [9.17, 15) is 0 Å². The molecule has 0 saturated carbocycles. The van der Waals surface area contributed by atoms with Gasteiger partial charge in [-0.1, -0.05) is 43.4 Å². The van der Waals surface area contributed by atoms with Crippen molar-refractivity contribution >= 4 is 24.1 Å². The summed E-state index contributed by atoms with van der Waals surface area (Å²) in [5.74, 6) is 0. The quantitative estimate of drug-likeness (QED) is 0.361. The predicted molar refractivity (Wildman–Crippen MR) is 106 cm³/mol. The van der Waals surface area contributed by atoms with Gasteiger partial charge in [0, 0.05) is 17.7 Å². The first-order valence-corrected chi connectivity index (χ1v) is 11.6. The minimum atomic E-state index is -1.96. The van der Waals surface area contributed by atoms with Crippen LogP contribution in [0, 0.1) is 13.5 Å². The molecule has 0 atom stereocenters. The van der Waals surface area contributed by atoms with Crippen molar-refractivity contribution in [1.82, 2.24) is 0 Å². The molecule has 25 heavy (non-hydrogen) atoms. The first-order chi connectivity index (χ1) is 12.0. The molecule has 0 unspecified atom stereocenters. The summed E-state index contributed by atoms with van der Waals surface area (Å²) in [7, 11) is 0.151. The molecule has 2 nitrogen and oxygen atoms in total. The zero-order valence-electron chi connectivity index (χ0n) is 15.1. The van der Waals surface area contributed by atoms with Crippen molar-refractivity contribution in [3.63, 3.8) is 0 Å². The minimum Gasteiger partial charge on any atom is -0.238 e. The van der Waals surface area contributed by atoms with E-state index < -0.39 is 8.07 Å². The molecule has 0 N–H and O–H groups in total. The molecule has 0 amide bonds. The molecule has 122 valence electrons. The summed E-state index contributed by atoms with van der Waals surface area (Å²) in [6.07, 6.45) is 2.11. The van der Waals surface area contributed by atoms with Crippen LogP contribution < -0.4 is 14.9 Å². The second kappa shape index (κ2) is 5.40. The largest absolute Gasteiger partial charge is 0.238 e. The van der Waals surface area contributed by atoms with E-state index >= 15 is 0 Å². The van der Waals surface area contributed by atoms with Gasteiger partial charge >= 0.3 is 0 Å². The van der Waals surface area contributed by atoms with E-state index in [1.54, 1.807) is 0 Å². The molecule has 3 heteroatoms. The maximum atomic E-state index is 7.63. The molecule has 1 aromatic heterocycles. The van der Waals surface area contributed by atoms with E-state index in [0.717, 1.165) is 5.69 Å². The molecule has 1 aliphatic heterocycles. The average molecular weight is 342 g/mol. The van der Waals surface area contributed by atoms with E-state index in [4.69, 9.17) is 6.57 Å². The third-order valence-electron chi connectivity index (χ3n) is 5.43. The van der Waals surface area contributed by atoms with Crippen LogP contribution in [0.25, 0.3) is 27.2 Å². The Morgan fingerprint density at radius 2 is 1.68 bits per heavy atom. The van der Waals surface area contributed by atoms with Crippen molar-refractivity contribution in [3.8, 4) is 22.4 Å². The number of hydrogen-bond donors (Lipinski definition) is 0. The smallest absolute Gasteiger partial charge is 0.212 e. The van der Waals surface area contributed by atoms with E-state index in [2.05, 4.69) is 79.1 Å². The van der Waals surface area contributed by atoms with Gasteiger partial charge in [-0.05, 0) is 40.1 Å². The van der Waals surface area contributed by atoms with Gasteiger partial charge in [-0.2, -0.15) is 0 Å². The molecular weight excluding hydrogens is 320 g/mol. The van der Waals surface area contributed by atoms with E-state index in [1.165, 1.54) is 38.3 Å². The van der Waals surface area contributed by atoms with Gasteiger partial charge in [-0.25, -0.2) is 9.41 Å². The van der Waals surface area contributed by atoms with E-state index in [0.29, 0.717) is 0 Å². The molecule has 2 aromatic carbocycles. The number of benzene rings is 2. The maximum absolute atomic E-state index is 7.63. The zero-order chi connectivity index (χ0) is 17.8. The summed E-state index contributed by atoms with van der Waals surface area (Å²) >= 11 is 0. The first kappa shape index (κ1) is 15.8. The fourth-order valence-corrected chi connectivity index (χ4v) is 8.10. The molecule has 0 saturated heterocycles. The van der Waals surface area contributed by atoms with Crippen LogP contribution in [0.4, 0.5) is 5.69 Å². The van der Waals surface area contributed by atoms with Gasteiger partial charge < -0.3 is 0 Å². The number of hydrogen-bond acceptors (Lipinski definition) is 0. The molecule has 0 spiro atoms. The lowest BCUT2D eigenvalue weighted by molar-refractivity contribution is -0.660. The lowest BCUT2D eigenvalue weighted by Gasteiger charge is -2.23. The van der Waals surface area contributed by atoms with Crippen LogP contribution in [-0.2, 0) is 7.05 Å². The van der Waals surface area contributed by atoms with Crippen LogP contribution in [-0.4, -0.2) is 8.07 Å². The molecule has 0 radical (unpaired) electrons. The van der Waals surface area contributed by atoms with Crippen molar-refractivity contribution < 1.29 is 4.57 Å². The SMILES string of the molecule is [C-]#[N+]c1cccc2c1[Si](C)(C)c1c-2ccc(C)c1-c1cccc[n+]1C. The Morgan fingerprint density at radius 1 is 0.920 bits per heavy atom.